The van der Waals surface area contributed by atoms with Gasteiger partial charge in [-0.25, -0.2) is 4.39 Å². The molecule has 0 spiro atoms. The summed E-state index contributed by atoms with van der Waals surface area (Å²) < 4.78 is 13.1. The first-order chi connectivity index (χ1) is 8.99. The summed E-state index contributed by atoms with van der Waals surface area (Å²) in [6.07, 6.45) is 0.483. The Bertz CT molecular complexity index is 503. The van der Waals surface area contributed by atoms with Crippen molar-refractivity contribution >= 4 is 11.9 Å². The molecule has 2 rings (SSSR count). The van der Waals surface area contributed by atoms with Crippen LogP contribution < -0.4 is 0 Å². The summed E-state index contributed by atoms with van der Waals surface area (Å²) >= 11 is 0. The van der Waals surface area contributed by atoms with Crippen LogP contribution in [0.2, 0.25) is 0 Å². The summed E-state index contributed by atoms with van der Waals surface area (Å²) in [5, 5.41) is 8.92. The number of aliphatic carboxylic acids is 1. The first-order valence-corrected chi connectivity index (χ1v) is 6.26. The average molecular weight is 265 g/mol. The van der Waals surface area contributed by atoms with E-state index >= 15 is 0 Å². The fourth-order valence-electron chi connectivity index (χ4n) is 2.35. The third-order valence-corrected chi connectivity index (χ3v) is 3.57. The molecule has 1 fully saturated rings. The molecule has 102 valence electrons. The van der Waals surface area contributed by atoms with Crippen LogP contribution in [0.4, 0.5) is 4.39 Å². The minimum Gasteiger partial charge on any atom is -0.481 e. The number of halogens is 1. The second-order valence-electron chi connectivity index (χ2n) is 4.88. The van der Waals surface area contributed by atoms with E-state index in [4.69, 9.17) is 5.11 Å². The number of hydrogen-bond acceptors (Lipinski definition) is 2. The van der Waals surface area contributed by atoms with E-state index in [2.05, 4.69) is 0 Å². The summed E-state index contributed by atoms with van der Waals surface area (Å²) in [5.74, 6) is -2.32. The number of carbonyl (C=O) groups excluding carboxylic acids is 1. The van der Waals surface area contributed by atoms with Gasteiger partial charge in [0.05, 0.1) is 11.8 Å². The molecule has 5 heteroatoms. The zero-order valence-corrected chi connectivity index (χ0v) is 10.7. The van der Waals surface area contributed by atoms with Crippen molar-refractivity contribution in [3.05, 3.63) is 35.6 Å². The number of rotatable bonds is 3. The molecule has 1 aliphatic rings. The predicted octanol–water partition coefficient (Wildman–Crippen LogP) is 1.86. The molecule has 0 aliphatic carbocycles. The molecular formula is C14H16FNO3. The molecule has 0 saturated carbocycles. The summed E-state index contributed by atoms with van der Waals surface area (Å²) in [7, 11) is 0. The van der Waals surface area contributed by atoms with Gasteiger partial charge in [-0.3, -0.25) is 9.59 Å². The van der Waals surface area contributed by atoms with Crippen LogP contribution in [0.3, 0.4) is 0 Å². The molecule has 0 radical (unpaired) electrons. The second-order valence-corrected chi connectivity index (χ2v) is 4.88. The number of nitrogens with zero attached hydrogens (tertiary/aromatic N) is 1. The van der Waals surface area contributed by atoms with E-state index < -0.39 is 17.8 Å². The maximum absolute atomic E-state index is 13.1. The molecule has 0 aromatic heterocycles. The molecule has 2 atom stereocenters. The molecule has 19 heavy (non-hydrogen) atoms. The lowest BCUT2D eigenvalue weighted by atomic mass is 10.00. The number of amides is 1. The monoisotopic (exact) mass is 265 g/mol. The standard InChI is InChI=1S/C14H16FNO3/c1-9(10-3-2-4-12(15)7-10)13(17)16-6-5-11(8-16)14(18)19/h2-4,7,9,11H,5-6,8H2,1H3,(H,18,19). The van der Waals surface area contributed by atoms with Gasteiger partial charge in [0.25, 0.3) is 0 Å². The first-order valence-electron chi connectivity index (χ1n) is 6.26. The van der Waals surface area contributed by atoms with Gasteiger partial charge in [-0.2, -0.15) is 0 Å². The predicted molar refractivity (Wildman–Crippen MR) is 67.1 cm³/mol. The summed E-state index contributed by atoms with van der Waals surface area (Å²) in [5.41, 5.74) is 0.615. The third-order valence-electron chi connectivity index (χ3n) is 3.57. The van der Waals surface area contributed by atoms with Crippen molar-refractivity contribution in [1.82, 2.24) is 4.90 Å². The second kappa shape index (κ2) is 5.38. The zero-order chi connectivity index (χ0) is 14.0. The maximum Gasteiger partial charge on any atom is 0.308 e. The van der Waals surface area contributed by atoms with E-state index in [1.165, 1.54) is 12.1 Å². The Kier molecular flexibility index (Phi) is 3.83. The summed E-state index contributed by atoms with van der Waals surface area (Å²) in [4.78, 5) is 24.7. The van der Waals surface area contributed by atoms with Gasteiger partial charge in [0.1, 0.15) is 5.82 Å². The van der Waals surface area contributed by atoms with Crippen LogP contribution in [0.25, 0.3) is 0 Å². The van der Waals surface area contributed by atoms with Crippen molar-refractivity contribution in [2.75, 3.05) is 13.1 Å². The average Bonchev–Trinajstić information content (AvgIpc) is 2.86. The zero-order valence-electron chi connectivity index (χ0n) is 10.7. The van der Waals surface area contributed by atoms with Crippen molar-refractivity contribution in [2.24, 2.45) is 5.92 Å². The maximum atomic E-state index is 13.1. The van der Waals surface area contributed by atoms with E-state index in [1.807, 2.05) is 0 Å². The van der Waals surface area contributed by atoms with Crippen molar-refractivity contribution in [1.29, 1.82) is 0 Å². The molecule has 1 heterocycles. The highest BCUT2D eigenvalue weighted by atomic mass is 19.1. The minimum absolute atomic E-state index is 0.144. The Labute approximate surface area is 110 Å². The van der Waals surface area contributed by atoms with Crippen molar-refractivity contribution in [3.8, 4) is 0 Å². The Morgan fingerprint density at radius 1 is 1.47 bits per heavy atom. The Morgan fingerprint density at radius 3 is 2.79 bits per heavy atom. The molecule has 1 aromatic rings. The summed E-state index contributed by atoms with van der Waals surface area (Å²) in [6.45, 7) is 2.41. The van der Waals surface area contributed by atoms with Gasteiger partial charge in [0.15, 0.2) is 0 Å². The quantitative estimate of drug-likeness (QED) is 0.907. The van der Waals surface area contributed by atoms with Gasteiger partial charge in [-0.15, -0.1) is 0 Å². The topological polar surface area (TPSA) is 57.6 Å². The van der Waals surface area contributed by atoms with Crippen LogP contribution in [0, 0.1) is 11.7 Å². The van der Waals surface area contributed by atoms with E-state index in [0.29, 0.717) is 18.5 Å². The van der Waals surface area contributed by atoms with Crippen molar-refractivity contribution in [3.63, 3.8) is 0 Å². The number of carbonyl (C=O) groups is 2. The lowest BCUT2D eigenvalue weighted by Crippen LogP contribution is -2.33. The normalized spacial score (nSPS) is 20.3. The molecule has 2 unspecified atom stereocenters. The first kappa shape index (κ1) is 13.5. The van der Waals surface area contributed by atoms with Crippen LogP contribution in [0.1, 0.15) is 24.8 Å². The molecule has 1 amide bonds. The van der Waals surface area contributed by atoms with E-state index in [9.17, 15) is 14.0 Å². The number of likely N-dealkylation sites (tertiary alicyclic amines) is 1. The van der Waals surface area contributed by atoms with Crippen LogP contribution in [0.5, 0.6) is 0 Å². The highest BCUT2D eigenvalue weighted by molar-refractivity contribution is 5.84. The number of carboxylic acid groups (broad SMARTS) is 1. The fraction of sp³-hybridized carbons (Fsp3) is 0.429. The van der Waals surface area contributed by atoms with Gasteiger partial charge in [-0.05, 0) is 31.0 Å². The minimum atomic E-state index is -0.867. The number of benzene rings is 1. The van der Waals surface area contributed by atoms with Crippen molar-refractivity contribution in [2.45, 2.75) is 19.3 Å². The van der Waals surface area contributed by atoms with Gasteiger partial charge in [-0.1, -0.05) is 12.1 Å². The Hall–Kier alpha value is -1.91. The SMILES string of the molecule is CC(C(=O)N1CCC(C(=O)O)C1)c1cccc(F)c1. The van der Waals surface area contributed by atoms with Crippen LogP contribution in [-0.4, -0.2) is 35.0 Å². The molecule has 1 saturated heterocycles. The molecule has 1 N–H and O–H groups in total. The fourth-order valence-corrected chi connectivity index (χ4v) is 2.35. The molecule has 0 bridgehead atoms. The summed E-state index contributed by atoms with van der Waals surface area (Å²) in [6, 6.07) is 5.94. The van der Waals surface area contributed by atoms with E-state index in [-0.39, 0.29) is 18.3 Å². The van der Waals surface area contributed by atoms with Crippen LogP contribution >= 0.6 is 0 Å². The molecule has 4 nitrogen and oxygen atoms in total. The smallest absolute Gasteiger partial charge is 0.308 e. The van der Waals surface area contributed by atoms with Crippen LogP contribution in [0.15, 0.2) is 24.3 Å². The van der Waals surface area contributed by atoms with Crippen LogP contribution in [-0.2, 0) is 9.59 Å². The third kappa shape index (κ3) is 2.92. The number of hydrogen-bond donors (Lipinski definition) is 1. The Balaban J connectivity index is 2.06. The van der Waals surface area contributed by atoms with Crippen molar-refractivity contribution < 1.29 is 19.1 Å². The molecule has 1 aliphatic heterocycles. The lowest BCUT2D eigenvalue weighted by Gasteiger charge is -2.21. The van der Waals surface area contributed by atoms with Gasteiger partial charge in [0, 0.05) is 13.1 Å². The van der Waals surface area contributed by atoms with E-state index in [1.54, 1.807) is 24.0 Å². The molecular weight excluding hydrogens is 249 g/mol. The molecule has 1 aromatic carbocycles. The van der Waals surface area contributed by atoms with Gasteiger partial charge < -0.3 is 10.0 Å². The largest absolute Gasteiger partial charge is 0.481 e. The van der Waals surface area contributed by atoms with E-state index in [0.717, 1.165) is 0 Å². The highest BCUT2D eigenvalue weighted by Crippen LogP contribution is 2.23. The Morgan fingerprint density at radius 2 is 2.21 bits per heavy atom. The number of carboxylic acids is 1. The lowest BCUT2D eigenvalue weighted by molar-refractivity contribution is -0.141. The highest BCUT2D eigenvalue weighted by Gasteiger charge is 2.33. The van der Waals surface area contributed by atoms with Gasteiger partial charge >= 0.3 is 5.97 Å². The van der Waals surface area contributed by atoms with Gasteiger partial charge in [0.2, 0.25) is 5.91 Å².